The largest absolute Gasteiger partial charge is 0.382 e. The molecule has 0 spiro atoms. The monoisotopic (exact) mass is 477 g/mol. The molecule has 3 fully saturated rings. The van der Waals surface area contributed by atoms with E-state index in [0.29, 0.717) is 17.0 Å². The van der Waals surface area contributed by atoms with Crippen LogP contribution in [0.5, 0.6) is 0 Å². The number of nitrogens with two attached hydrogens (primary N) is 1. The summed E-state index contributed by atoms with van der Waals surface area (Å²) in [5.41, 5.74) is 6.91. The van der Waals surface area contributed by atoms with Crippen LogP contribution in [0.2, 0.25) is 0 Å². The summed E-state index contributed by atoms with van der Waals surface area (Å²) in [5.74, 6) is 1.42. The third-order valence-electron chi connectivity index (χ3n) is 6.50. The van der Waals surface area contributed by atoms with Gasteiger partial charge in [-0.25, -0.2) is 15.0 Å². The lowest BCUT2D eigenvalue weighted by atomic mass is 9.99. The molecule has 180 valence electrons. The van der Waals surface area contributed by atoms with Gasteiger partial charge in [-0.1, -0.05) is 6.08 Å². The number of imidazole rings is 1. The van der Waals surface area contributed by atoms with Crippen molar-refractivity contribution in [3.63, 3.8) is 0 Å². The van der Waals surface area contributed by atoms with E-state index in [0.717, 1.165) is 6.42 Å². The molecule has 3 heterocycles. The third-order valence-corrected chi connectivity index (χ3v) is 8.45. The maximum absolute atomic E-state index is 13.4. The van der Waals surface area contributed by atoms with Gasteiger partial charge in [0.2, 0.25) is 0 Å². The fourth-order valence-electron chi connectivity index (χ4n) is 5.41. The van der Waals surface area contributed by atoms with Crippen LogP contribution in [0.15, 0.2) is 24.5 Å². The molecule has 0 aromatic carbocycles. The Morgan fingerprint density at radius 3 is 2.55 bits per heavy atom. The molecule has 5 rings (SSSR count). The average molecular weight is 478 g/mol. The number of rotatable bonds is 7. The molecule has 3 aliphatic rings. The summed E-state index contributed by atoms with van der Waals surface area (Å²) in [6.45, 7) is 11.2. The number of nitrogens with zero attached hydrogens (tertiary/aromatic N) is 4. The predicted molar refractivity (Wildman–Crippen MR) is 122 cm³/mol. The summed E-state index contributed by atoms with van der Waals surface area (Å²) in [5, 5.41) is 0. The van der Waals surface area contributed by atoms with E-state index >= 15 is 0 Å². The molecule has 5 atom stereocenters. The summed E-state index contributed by atoms with van der Waals surface area (Å²) in [4.78, 5) is 12.9. The number of hydrogen-bond acceptors (Lipinski definition) is 9. The van der Waals surface area contributed by atoms with Gasteiger partial charge in [0.1, 0.15) is 17.9 Å². The average Bonchev–Trinajstić information content (AvgIpc) is 2.95. The van der Waals surface area contributed by atoms with Crippen molar-refractivity contribution in [3.05, 3.63) is 24.5 Å². The Labute approximate surface area is 193 Å². The van der Waals surface area contributed by atoms with Crippen molar-refractivity contribution in [2.24, 2.45) is 11.3 Å². The van der Waals surface area contributed by atoms with Gasteiger partial charge in [0.05, 0.1) is 30.7 Å². The molecule has 2 N–H and O–H groups in total. The van der Waals surface area contributed by atoms with Crippen molar-refractivity contribution >= 4 is 24.6 Å². The zero-order chi connectivity index (χ0) is 23.8. The fourth-order valence-corrected chi connectivity index (χ4v) is 7.24. The minimum absolute atomic E-state index is 0.0582. The van der Waals surface area contributed by atoms with Crippen molar-refractivity contribution in [1.29, 1.82) is 0 Å². The Bertz CT molecular complexity index is 1130. The molecule has 0 amide bonds. The van der Waals surface area contributed by atoms with E-state index in [1.54, 1.807) is 12.1 Å². The lowest BCUT2D eigenvalue weighted by molar-refractivity contribution is -0.159. The topological polar surface area (TPSA) is 124 Å². The molecule has 33 heavy (non-hydrogen) atoms. The predicted octanol–water partition coefficient (Wildman–Crippen LogP) is 4.05. The van der Waals surface area contributed by atoms with Gasteiger partial charge in [-0.3, -0.25) is 4.57 Å². The van der Waals surface area contributed by atoms with Crippen LogP contribution in [-0.4, -0.2) is 49.7 Å². The Hall–Kier alpha value is -1.84. The van der Waals surface area contributed by atoms with Gasteiger partial charge in [-0.15, -0.1) is 0 Å². The molecule has 2 aromatic heterocycles. The number of anilines is 1. The first-order chi connectivity index (χ1) is 15.4. The van der Waals surface area contributed by atoms with E-state index in [9.17, 15) is 4.57 Å². The van der Waals surface area contributed by atoms with Crippen LogP contribution in [-0.2, 0) is 23.1 Å². The number of aromatic nitrogens is 4. The van der Waals surface area contributed by atoms with Crippen molar-refractivity contribution in [2.45, 2.75) is 84.2 Å². The number of ether oxygens (including phenoxy) is 2. The standard InChI is InChI=1S/C22H32N5O5P/c1-12(2)31-33(28,32-13(3)4)8-7-22-9-14(22)16(17-18(22)30-21(5,6)29-17)27-11-26-15-19(23)24-10-25-20(15)27/h7-8,10-14,16-18H,9H2,1-6H3,(H2,23,24,25)/b8-7+/t14-,16-,17+,18+,22-/m1/s1. The molecule has 0 unspecified atom stereocenters. The fraction of sp³-hybridized carbons (Fsp3) is 0.682. The molecule has 11 heteroatoms. The highest BCUT2D eigenvalue weighted by Crippen LogP contribution is 2.73. The second-order valence-corrected chi connectivity index (χ2v) is 12.0. The Morgan fingerprint density at radius 1 is 1.18 bits per heavy atom. The molecular formula is C22H32N5O5P. The van der Waals surface area contributed by atoms with Crippen molar-refractivity contribution < 1.29 is 23.1 Å². The van der Waals surface area contributed by atoms with Gasteiger partial charge in [-0.05, 0) is 53.9 Å². The first kappa shape index (κ1) is 22.9. The van der Waals surface area contributed by atoms with Gasteiger partial charge in [0, 0.05) is 11.2 Å². The SMILES string of the molecule is CC(C)OP(=O)(/C=C/[C@@]12C[C@@H]1[C@@H](n1cnc3c(N)ncnc31)[C@@H]1OC(C)(C)O[C@@H]12)OC(C)C. The van der Waals surface area contributed by atoms with Crippen LogP contribution >= 0.6 is 7.60 Å². The van der Waals surface area contributed by atoms with Crippen LogP contribution in [0, 0.1) is 11.3 Å². The van der Waals surface area contributed by atoms with Crippen LogP contribution in [0.25, 0.3) is 11.2 Å². The minimum Gasteiger partial charge on any atom is -0.382 e. The highest BCUT2D eigenvalue weighted by molar-refractivity contribution is 7.57. The van der Waals surface area contributed by atoms with Gasteiger partial charge < -0.3 is 28.8 Å². The quantitative estimate of drug-likeness (QED) is 0.588. The van der Waals surface area contributed by atoms with E-state index in [4.69, 9.17) is 24.3 Å². The summed E-state index contributed by atoms with van der Waals surface area (Å²) >= 11 is 0. The van der Waals surface area contributed by atoms with Crippen LogP contribution in [0.1, 0.15) is 54.0 Å². The molecule has 0 radical (unpaired) electrons. The lowest BCUT2D eigenvalue weighted by Gasteiger charge is -2.24. The summed E-state index contributed by atoms with van der Waals surface area (Å²) in [6.07, 6.45) is 5.15. The Kier molecular flexibility index (Phi) is 5.27. The second-order valence-electron chi connectivity index (χ2n) is 10.2. The first-order valence-corrected chi connectivity index (χ1v) is 13.0. The molecule has 2 aromatic rings. The zero-order valence-electron chi connectivity index (χ0n) is 19.8. The zero-order valence-corrected chi connectivity index (χ0v) is 20.7. The lowest BCUT2D eigenvalue weighted by Crippen LogP contribution is -2.31. The number of nitrogen functional groups attached to an aromatic ring is 1. The van der Waals surface area contributed by atoms with Crippen molar-refractivity contribution in [3.8, 4) is 0 Å². The summed E-state index contributed by atoms with van der Waals surface area (Å²) in [7, 11) is -3.43. The highest BCUT2D eigenvalue weighted by Gasteiger charge is 2.75. The van der Waals surface area contributed by atoms with E-state index in [2.05, 4.69) is 15.0 Å². The molecular weight excluding hydrogens is 445 g/mol. The van der Waals surface area contributed by atoms with E-state index in [-0.39, 0.29) is 41.8 Å². The summed E-state index contributed by atoms with van der Waals surface area (Å²) < 4.78 is 39.7. The smallest absolute Gasteiger partial charge is 0.354 e. The van der Waals surface area contributed by atoms with Crippen molar-refractivity contribution in [1.82, 2.24) is 19.5 Å². The van der Waals surface area contributed by atoms with Gasteiger partial charge in [0.15, 0.2) is 17.3 Å². The van der Waals surface area contributed by atoms with E-state index < -0.39 is 13.4 Å². The molecule has 0 bridgehead atoms. The third kappa shape index (κ3) is 3.82. The van der Waals surface area contributed by atoms with Gasteiger partial charge >= 0.3 is 7.60 Å². The normalized spacial score (nSPS) is 32.8. The molecule has 2 aliphatic carbocycles. The molecule has 1 aliphatic heterocycles. The maximum atomic E-state index is 13.4. The summed E-state index contributed by atoms with van der Waals surface area (Å²) in [6, 6.07) is -0.0582. The minimum atomic E-state index is -3.43. The van der Waals surface area contributed by atoms with Crippen LogP contribution < -0.4 is 5.73 Å². The van der Waals surface area contributed by atoms with E-state index in [1.807, 2.05) is 52.2 Å². The van der Waals surface area contributed by atoms with Gasteiger partial charge in [-0.2, -0.15) is 0 Å². The van der Waals surface area contributed by atoms with Gasteiger partial charge in [0.25, 0.3) is 0 Å². The second kappa shape index (κ2) is 7.58. The molecule has 2 saturated carbocycles. The van der Waals surface area contributed by atoms with Crippen LogP contribution in [0.4, 0.5) is 5.82 Å². The maximum Gasteiger partial charge on any atom is 0.354 e. The molecule has 1 saturated heterocycles. The Balaban J connectivity index is 1.52. The van der Waals surface area contributed by atoms with Crippen molar-refractivity contribution in [2.75, 3.05) is 5.73 Å². The Morgan fingerprint density at radius 2 is 1.88 bits per heavy atom. The number of hydrogen-bond donors (Lipinski definition) is 1. The van der Waals surface area contributed by atoms with E-state index in [1.165, 1.54) is 6.33 Å². The first-order valence-electron chi connectivity index (χ1n) is 11.4. The molecule has 10 nitrogen and oxygen atoms in total. The number of fused-ring (bicyclic) bond motifs is 4. The highest BCUT2D eigenvalue weighted by atomic mass is 31.2. The van der Waals surface area contributed by atoms with Crippen LogP contribution in [0.3, 0.4) is 0 Å².